The number of hydrogen-bond acceptors (Lipinski definition) is 1. The Morgan fingerprint density at radius 2 is 1.78 bits per heavy atom. The van der Waals surface area contributed by atoms with E-state index in [4.69, 9.17) is 0 Å². The van der Waals surface area contributed by atoms with E-state index in [0.29, 0.717) is 0 Å². The summed E-state index contributed by atoms with van der Waals surface area (Å²) in [6.45, 7) is 10.7. The molecule has 0 aliphatic carbocycles. The van der Waals surface area contributed by atoms with E-state index in [-0.39, 0.29) is 0 Å². The summed E-state index contributed by atoms with van der Waals surface area (Å²) in [5.41, 5.74) is 0. The molecule has 0 aromatic rings. The lowest BCUT2D eigenvalue weighted by Crippen LogP contribution is -2.11. The molecule has 0 radical (unpaired) electrons. The molecule has 1 nitrogen and oxygen atoms in total. The Balaban J connectivity index is 2.43. The minimum absolute atomic E-state index is 0.850. The van der Waals surface area contributed by atoms with E-state index < -0.39 is 0 Å². The number of rotatable bonds is 1. The number of likely N-dealkylation sites (tertiary alicyclic amines) is 1. The van der Waals surface area contributed by atoms with Gasteiger partial charge in [0.1, 0.15) is 0 Å². The van der Waals surface area contributed by atoms with Crippen LogP contribution in [0.1, 0.15) is 13.8 Å². The third-order valence-corrected chi connectivity index (χ3v) is 2.27. The van der Waals surface area contributed by atoms with E-state index in [9.17, 15) is 0 Å². The SMILES string of the molecule is C=CN1CC(C)C(C)C1. The van der Waals surface area contributed by atoms with Crippen LogP contribution in [0, 0.1) is 11.8 Å². The van der Waals surface area contributed by atoms with E-state index in [1.165, 1.54) is 13.1 Å². The molecule has 0 spiro atoms. The summed E-state index contributed by atoms with van der Waals surface area (Å²) in [5.74, 6) is 1.70. The summed E-state index contributed by atoms with van der Waals surface area (Å²) >= 11 is 0. The van der Waals surface area contributed by atoms with Crippen LogP contribution in [0.15, 0.2) is 12.8 Å². The molecule has 1 aliphatic heterocycles. The average Bonchev–Trinajstić information content (AvgIpc) is 2.13. The first-order chi connectivity index (χ1) is 4.24. The Kier molecular flexibility index (Phi) is 1.79. The Labute approximate surface area is 57.4 Å². The van der Waals surface area contributed by atoms with Crippen LogP contribution >= 0.6 is 0 Å². The van der Waals surface area contributed by atoms with Crippen molar-refractivity contribution in [1.29, 1.82) is 0 Å². The molecule has 0 amide bonds. The molecule has 0 saturated carbocycles. The van der Waals surface area contributed by atoms with Gasteiger partial charge in [-0.3, -0.25) is 0 Å². The largest absolute Gasteiger partial charge is 0.377 e. The Hall–Kier alpha value is -0.460. The van der Waals surface area contributed by atoms with Crippen LogP contribution in [-0.4, -0.2) is 18.0 Å². The van der Waals surface area contributed by atoms with Gasteiger partial charge < -0.3 is 4.90 Å². The van der Waals surface area contributed by atoms with Crippen LogP contribution in [-0.2, 0) is 0 Å². The minimum atomic E-state index is 0.850. The lowest BCUT2D eigenvalue weighted by Gasteiger charge is -2.09. The molecule has 1 heteroatoms. The van der Waals surface area contributed by atoms with E-state index in [0.717, 1.165) is 11.8 Å². The second-order valence-electron chi connectivity index (χ2n) is 3.09. The van der Waals surface area contributed by atoms with Gasteiger partial charge in [-0.15, -0.1) is 0 Å². The molecule has 0 aromatic carbocycles. The van der Waals surface area contributed by atoms with Gasteiger partial charge in [-0.2, -0.15) is 0 Å². The van der Waals surface area contributed by atoms with Crippen LogP contribution < -0.4 is 0 Å². The van der Waals surface area contributed by atoms with Crippen LogP contribution in [0.4, 0.5) is 0 Å². The first kappa shape index (κ1) is 6.66. The Bertz CT molecular complexity index is 99.1. The number of nitrogens with zero attached hydrogens (tertiary/aromatic N) is 1. The molecular formula is C8H15N. The summed E-state index contributed by atoms with van der Waals surface area (Å²) in [5, 5.41) is 0. The quantitative estimate of drug-likeness (QED) is 0.515. The highest BCUT2D eigenvalue weighted by Crippen LogP contribution is 2.21. The van der Waals surface area contributed by atoms with Gasteiger partial charge in [0.05, 0.1) is 0 Å². The highest BCUT2D eigenvalue weighted by molar-refractivity contribution is 4.83. The van der Waals surface area contributed by atoms with Crippen LogP contribution in [0.5, 0.6) is 0 Å². The zero-order chi connectivity index (χ0) is 6.85. The van der Waals surface area contributed by atoms with Crippen LogP contribution in [0.3, 0.4) is 0 Å². The molecular weight excluding hydrogens is 110 g/mol. The maximum atomic E-state index is 3.74. The average molecular weight is 125 g/mol. The van der Waals surface area contributed by atoms with Crippen molar-refractivity contribution in [3.05, 3.63) is 12.8 Å². The van der Waals surface area contributed by atoms with Crippen molar-refractivity contribution in [3.63, 3.8) is 0 Å². The van der Waals surface area contributed by atoms with Crippen molar-refractivity contribution in [2.45, 2.75) is 13.8 Å². The maximum Gasteiger partial charge on any atom is 0.0201 e. The standard InChI is InChI=1S/C8H15N/c1-4-9-5-7(2)8(3)6-9/h4,7-8H,1,5-6H2,2-3H3. The highest BCUT2D eigenvalue weighted by Gasteiger charge is 2.22. The number of hydrogen-bond donors (Lipinski definition) is 0. The zero-order valence-corrected chi connectivity index (χ0v) is 6.30. The van der Waals surface area contributed by atoms with Gasteiger partial charge in [-0.1, -0.05) is 20.4 Å². The van der Waals surface area contributed by atoms with E-state index in [1.54, 1.807) is 0 Å². The third-order valence-electron chi connectivity index (χ3n) is 2.27. The summed E-state index contributed by atoms with van der Waals surface area (Å²) < 4.78 is 0. The lowest BCUT2D eigenvalue weighted by molar-refractivity contribution is 0.447. The molecule has 1 fully saturated rings. The van der Waals surface area contributed by atoms with Gasteiger partial charge >= 0.3 is 0 Å². The monoisotopic (exact) mass is 125 g/mol. The van der Waals surface area contributed by atoms with E-state index >= 15 is 0 Å². The van der Waals surface area contributed by atoms with Gasteiger partial charge in [0.2, 0.25) is 0 Å². The predicted molar refractivity (Wildman–Crippen MR) is 40.1 cm³/mol. The first-order valence-corrected chi connectivity index (χ1v) is 3.60. The van der Waals surface area contributed by atoms with Gasteiger partial charge in [0, 0.05) is 13.1 Å². The van der Waals surface area contributed by atoms with Crippen LogP contribution in [0.25, 0.3) is 0 Å². The van der Waals surface area contributed by atoms with E-state index in [1.807, 2.05) is 6.20 Å². The van der Waals surface area contributed by atoms with Gasteiger partial charge in [0.25, 0.3) is 0 Å². The van der Waals surface area contributed by atoms with Gasteiger partial charge in [-0.05, 0) is 18.0 Å². The van der Waals surface area contributed by atoms with Crippen molar-refractivity contribution in [1.82, 2.24) is 4.90 Å². The molecule has 52 valence electrons. The highest BCUT2D eigenvalue weighted by atomic mass is 15.1. The minimum Gasteiger partial charge on any atom is -0.377 e. The fourth-order valence-corrected chi connectivity index (χ4v) is 1.32. The normalized spacial score (nSPS) is 35.1. The Morgan fingerprint density at radius 1 is 1.33 bits per heavy atom. The summed E-state index contributed by atoms with van der Waals surface area (Å²) in [6.07, 6.45) is 1.94. The first-order valence-electron chi connectivity index (χ1n) is 3.60. The predicted octanol–water partition coefficient (Wildman–Crippen LogP) is 1.72. The Morgan fingerprint density at radius 3 is 2.00 bits per heavy atom. The molecule has 2 unspecified atom stereocenters. The maximum absolute atomic E-state index is 3.74. The smallest absolute Gasteiger partial charge is 0.0201 e. The topological polar surface area (TPSA) is 3.24 Å². The van der Waals surface area contributed by atoms with Crippen LogP contribution in [0.2, 0.25) is 0 Å². The molecule has 0 bridgehead atoms. The third kappa shape index (κ3) is 1.26. The van der Waals surface area contributed by atoms with Crippen molar-refractivity contribution in [2.75, 3.05) is 13.1 Å². The fourth-order valence-electron chi connectivity index (χ4n) is 1.32. The summed E-state index contributed by atoms with van der Waals surface area (Å²) in [6, 6.07) is 0. The molecule has 0 N–H and O–H groups in total. The van der Waals surface area contributed by atoms with Gasteiger partial charge in [-0.25, -0.2) is 0 Å². The molecule has 0 aromatic heterocycles. The van der Waals surface area contributed by atoms with Crippen molar-refractivity contribution >= 4 is 0 Å². The second kappa shape index (κ2) is 2.42. The second-order valence-corrected chi connectivity index (χ2v) is 3.09. The van der Waals surface area contributed by atoms with Crippen molar-refractivity contribution < 1.29 is 0 Å². The molecule has 1 rings (SSSR count). The molecule has 1 aliphatic rings. The van der Waals surface area contributed by atoms with Gasteiger partial charge in [0.15, 0.2) is 0 Å². The molecule has 2 atom stereocenters. The molecule has 1 heterocycles. The summed E-state index contributed by atoms with van der Waals surface area (Å²) in [4.78, 5) is 2.29. The van der Waals surface area contributed by atoms with E-state index in [2.05, 4.69) is 25.3 Å². The summed E-state index contributed by atoms with van der Waals surface area (Å²) in [7, 11) is 0. The zero-order valence-electron chi connectivity index (χ0n) is 6.30. The van der Waals surface area contributed by atoms with Crippen molar-refractivity contribution in [2.24, 2.45) is 11.8 Å². The fraction of sp³-hybridized carbons (Fsp3) is 0.750. The van der Waals surface area contributed by atoms with Crippen molar-refractivity contribution in [3.8, 4) is 0 Å². The molecule has 1 saturated heterocycles. The molecule has 9 heavy (non-hydrogen) atoms. The lowest BCUT2D eigenvalue weighted by atomic mass is 10.0.